The number of ether oxygens (including phenoxy) is 1. The van der Waals surface area contributed by atoms with Crippen molar-refractivity contribution in [3.8, 4) is 5.75 Å². The van der Waals surface area contributed by atoms with Gasteiger partial charge in [0.1, 0.15) is 5.75 Å². The molecule has 1 aromatic carbocycles. The minimum atomic E-state index is -0.609. The van der Waals surface area contributed by atoms with E-state index in [9.17, 15) is 4.79 Å². The van der Waals surface area contributed by atoms with Gasteiger partial charge in [0.25, 0.3) is 5.91 Å². The van der Waals surface area contributed by atoms with Gasteiger partial charge in [-0.3, -0.25) is 4.79 Å². The third kappa shape index (κ3) is 6.55. The number of rotatable bonds is 7. The van der Waals surface area contributed by atoms with Crippen LogP contribution in [0.5, 0.6) is 5.75 Å². The molecule has 4 nitrogen and oxygen atoms in total. The van der Waals surface area contributed by atoms with Gasteiger partial charge in [0.15, 0.2) is 6.10 Å². The van der Waals surface area contributed by atoms with Gasteiger partial charge in [0.2, 0.25) is 0 Å². The molecule has 0 unspecified atom stereocenters. The van der Waals surface area contributed by atoms with Crippen LogP contribution in [0.2, 0.25) is 10.0 Å². The summed E-state index contributed by atoms with van der Waals surface area (Å²) in [6, 6.07) is 4.92. The smallest absolute Gasteiger partial charge is 0.260 e. The zero-order valence-electron chi connectivity index (χ0n) is 12.9. The van der Waals surface area contributed by atoms with Gasteiger partial charge < -0.3 is 15.0 Å². The van der Waals surface area contributed by atoms with Gasteiger partial charge in [0, 0.05) is 17.5 Å². The van der Waals surface area contributed by atoms with E-state index in [1.54, 1.807) is 25.1 Å². The van der Waals surface area contributed by atoms with E-state index >= 15 is 0 Å². The Morgan fingerprint density at radius 2 is 2.00 bits per heavy atom. The second-order valence-electron chi connectivity index (χ2n) is 5.60. The maximum atomic E-state index is 12.0. The Labute approximate surface area is 136 Å². The molecule has 0 aliphatic rings. The number of quaternary nitrogens is 1. The maximum absolute atomic E-state index is 12.0. The van der Waals surface area contributed by atoms with E-state index in [-0.39, 0.29) is 5.91 Å². The van der Waals surface area contributed by atoms with Gasteiger partial charge in [-0.25, -0.2) is 0 Å². The average Bonchev–Trinajstić information content (AvgIpc) is 2.38. The highest BCUT2D eigenvalue weighted by Gasteiger charge is 2.17. The summed E-state index contributed by atoms with van der Waals surface area (Å²) in [6.45, 7) is 5.43. The largest absolute Gasteiger partial charge is 0.479 e. The lowest BCUT2D eigenvalue weighted by molar-refractivity contribution is -0.861. The van der Waals surface area contributed by atoms with Crippen LogP contribution in [-0.2, 0) is 4.79 Å². The first kappa shape index (κ1) is 18.1. The highest BCUT2D eigenvalue weighted by molar-refractivity contribution is 6.35. The molecule has 2 atom stereocenters. The summed E-state index contributed by atoms with van der Waals surface area (Å²) in [4.78, 5) is 13.4. The molecule has 0 aliphatic carbocycles. The maximum Gasteiger partial charge on any atom is 0.260 e. The average molecular weight is 334 g/mol. The molecule has 1 rings (SSSR count). The Kier molecular flexibility index (Phi) is 7.29. The Balaban J connectivity index is 2.47. The van der Waals surface area contributed by atoms with Crippen LogP contribution in [0.3, 0.4) is 0 Å². The molecule has 0 fully saturated rings. The summed E-state index contributed by atoms with van der Waals surface area (Å²) >= 11 is 11.8. The minimum Gasteiger partial charge on any atom is -0.479 e. The Morgan fingerprint density at radius 3 is 2.57 bits per heavy atom. The van der Waals surface area contributed by atoms with Crippen molar-refractivity contribution >= 4 is 29.1 Å². The summed E-state index contributed by atoms with van der Waals surface area (Å²) in [5, 5.41) is 3.82. The number of hydrogen-bond acceptors (Lipinski definition) is 2. The molecule has 0 spiro atoms. The number of nitrogens with one attached hydrogen (secondary N) is 2. The first-order chi connectivity index (χ1) is 9.79. The third-order valence-corrected chi connectivity index (χ3v) is 3.48. The number of carbonyl (C=O) groups is 1. The molecule has 1 amide bonds. The van der Waals surface area contributed by atoms with Crippen molar-refractivity contribution in [2.75, 3.05) is 27.2 Å². The first-order valence-electron chi connectivity index (χ1n) is 6.98. The van der Waals surface area contributed by atoms with Crippen molar-refractivity contribution < 1.29 is 14.4 Å². The third-order valence-electron chi connectivity index (χ3n) is 2.95. The van der Waals surface area contributed by atoms with Crippen molar-refractivity contribution in [3.05, 3.63) is 28.2 Å². The number of carbonyl (C=O) groups excluding carboxylic acids is 1. The molecule has 0 aromatic heterocycles. The second-order valence-corrected chi connectivity index (χ2v) is 6.44. The fraction of sp³-hybridized carbons (Fsp3) is 0.533. The normalized spacial score (nSPS) is 13.9. The zero-order chi connectivity index (χ0) is 16.0. The number of halogens is 2. The topological polar surface area (TPSA) is 42.8 Å². The summed E-state index contributed by atoms with van der Waals surface area (Å²) in [6.07, 6.45) is -0.609. The zero-order valence-corrected chi connectivity index (χ0v) is 14.4. The van der Waals surface area contributed by atoms with Crippen LogP contribution in [-0.4, -0.2) is 39.2 Å². The highest BCUT2D eigenvalue weighted by Crippen LogP contribution is 2.28. The first-order valence-corrected chi connectivity index (χ1v) is 7.73. The van der Waals surface area contributed by atoms with E-state index in [4.69, 9.17) is 27.9 Å². The van der Waals surface area contributed by atoms with Crippen LogP contribution in [0.1, 0.15) is 13.8 Å². The summed E-state index contributed by atoms with van der Waals surface area (Å²) in [7, 11) is 4.18. The lowest BCUT2D eigenvalue weighted by Gasteiger charge is -2.18. The van der Waals surface area contributed by atoms with Gasteiger partial charge in [0.05, 0.1) is 25.7 Å². The summed E-state index contributed by atoms with van der Waals surface area (Å²) in [5.74, 6) is 0.710. The van der Waals surface area contributed by atoms with Gasteiger partial charge >= 0.3 is 0 Å². The fourth-order valence-electron chi connectivity index (χ4n) is 2.00. The van der Waals surface area contributed by atoms with Gasteiger partial charge in [-0.1, -0.05) is 30.1 Å². The molecular formula is C15H23Cl2N2O2+. The van der Waals surface area contributed by atoms with Crippen molar-refractivity contribution in [1.29, 1.82) is 0 Å². The minimum absolute atomic E-state index is 0.151. The van der Waals surface area contributed by atoms with Crippen LogP contribution in [0.15, 0.2) is 18.2 Å². The molecular weight excluding hydrogens is 311 g/mol. The molecule has 0 bridgehead atoms. The standard InChI is InChI=1S/C15H22Cl2N2O2/c1-10(9-19(3)4)8-18-15(20)11(2)21-14-6-5-12(16)7-13(14)17/h5-7,10-11H,8-9H2,1-4H3,(H,18,20)/p+1/t10-,11-/m1/s1. The van der Waals surface area contributed by atoms with Gasteiger partial charge in [-0.05, 0) is 25.1 Å². The van der Waals surface area contributed by atoms with Gasteiger partial charge in [-0.15, -0.1) is 0 Å². The lowest BCUT2D eigenvalue weighted by atomic mass is 10.1. The van der Waals surface area contributed by atoms with Gasteiger partial charge in [-0.2, -0.15) is 0 Å². The quantitative estimate of drug-likeness (QED) is 0.796. The Hall–Kier alpha value is -0.970. The summed E-state index contributed by atoms with van der Waals surface area (Å²) < 4.78 is 5.57. The van der Waals surface area contributed by atoms with E-state index in [1.165, 1.54) is 4.90 Å². The predicted molar refractivity (Wildman–Crippen MR) is 86.4 cm³/mol. The number of hydrogen-bond donors (Lipinski definition) is 2. The molecule has 1 aromatic rings. The van der Waals surface area contributed by atoms with E-state index in [0.29, 0.717) is 28.3 Å². The second kappa shape index (κ2) is 8.47. The molecule has 118 valence electrons. The van der Waals surface area contributed by atoms with Crippen LogP contribution >= 0.6 is 23.2 Å². The molecule has 0 heterocycles. The SMILES string of the molecule is C[C@H](CNC(=O)[C@@H](C)Oc1ccc(Cl)cc1Cl)C[NH+](C)C. The van der Waals surface area contributed by atoms with Crippen molar-refractivity contribution in [1.82, 2.24) is 5.32 Å². The Morgan fingerprint density at radius 1 is 1.33 bits per heavy atom. The van der Waals surface area contributed by atoms with E-state index in [1.807, 2.05) is 0 Å². The fourth-order valence-corrected chi connectivity index (χ4v) is 2.46. The van der Waals surface area contributed by atoms with Crippen LogP contribution < -0.4 is 15.0 Å². The predicted octanol–water partition coefficient (Wildman–Crippen LogP) is 1.66. The van der Waals surface area contributed by atoms with Crippen LogP contribution in [0, 0.1) is 5.92 Å². The van der Waals surface area contributed by atoms with E-state index in [0.717, 1.165) is 6.54 Å². The molecule has 0 radical (unpaired) electrons. The van der Waals surface area contributed by atoms with Crippen molar-refractivity contribution in [2.24, 2.45) is 5.92 Å². The van der Waals surface area contributed by atoms with Crippen LogP contribution in [0.25, 0.3) is 0 Å². The molecule has 21 heavy (non-hydrogen) atoms. The molecule has 2 N–H and O–H groups in total. The molecule has 0 saturated carbocycles. The lowest BCUT2D eigenvalue weighted by Crippen LogP contribution is -3.06. The Bertz CT molecular complexity index is 481. The summed E-state index contributed by atoms with van der Waals surface area (Å²) in [5.41, 5.74) is 0. The molecule has 6 heteroatoms. The highest BCUT2D eigenvalue weighted by atomic mass is 35.5. The molecule has 0 aliphatic heterocycles. The number of benzene rings is 1. The molecule has 0 saturated heterocycles. The monoisotopic (exact) mass is 333 g/mol. The van der Waals surface area contributed by atoms with E-state index < -0.39 is 6.10 Å². The van der Waals surface area contributed by atoms with Crippen molar-refractivity contribution in [3.63, 3.8) is 0 Å². The van der Waals surface area contributed by atoms with E-state index in [2.05, 4.69) is 26.3 Å². The van der Waals surface area contributed by atoms with Crippen LogP contribution in [0.4, 0.5) is 0 Å². The van der Waals surface area contributed by atoms with Crippen molar-refractivity contribution in [2.45, 2.75) is 20.0 Å². The number of amides is 1.